The van der Waals surface area contributed by atoms with Gasteiger partial charge in [0.15, 0.2) is 0 Å². The molecule has 2 N–H and O–H groups in total. The Morgan fingerprint density at radius 3 is 2.27 bits per heavy atom. The van der Waals surface area contributed by atoms with Gasteiger partial charge in [0.2, 0.25) is 0 Å². The highest BCUT2D eigenvalue weighted by atomic mass is 16.7. The predicted octanol–water partition coefficient (Wildman–Crippen LogP) is 1.87. The van der Waals surface area contributed by atoms with E-state index in [1.807, 2.05) is 34.6 Å². The minimum absolute atomic E-state index is 0.0497. The average molecular weight is 308 g/mol. The molecule has 0 bridgehead atoms. The lowest BCUT2D eigenvalue weighted by Crippen LogP contribution is -2.41. The topological polar surface area (TPSA) is 96.9 Å². The van der Waals surface area contributed by atoms with Crippen LogP contribution in [0.2, 0.25) is 0 Å². The number of nitro benzene ring substituents is 1. The van der Waals surface area contributed by atoms with E-state index in [4.69, 9.17) is 19.8 Å². The number of rotatable bonds is 4. The van der Waals surface area contributed by atoms with Crippen molar-refractivity contribution in [2.45, 2.75) is 45.8 Å². The van der Waals surface area contributed by atoms with E-state index in [1.54, 1.807) is 0 Å². The maximum Gasteiger partial charge on any atom is 0.498 e. The van der Waals surface area contributed by atoms with Crippen LogP contribution in [0.15, 0.2) is 12.1 Å². The van der Waals surface area contributed by atoms with Crippen LogP contribution in [0.5, 0.6) is 5.75 Å². The number of nitrogen functional groups attached to an aromatic ring is 1. The first kappa shape index (κ1) is 16.6. The molecule has 120 valence electrons. The van der Waals surface area contributed by atoms with E-state index in [0.29, 0.717) is 17.8 Å². The zero-order chi connectivity index (χ0) is 16.7. The van der Waals surface area contributed by atoms with Crippen LogP contribution >= 0.6 is 0 Å². The minimum Gasteiger partial charge on any atom is -0.494 e. The molecule has 1 saturated heterocycles. The van der Waals surface area contributed by atoms with Gasteiger partial charge < -0.3 is 19.8 Å². The Morgan fingerprint density at radius 1 is 1.27 bits per heavy atom. The van der Waals surface area contributed by atoms with Crippen molar-refractivity contribution in [1.29, 1.82) is 0 Å². The molecule has 1 fully saturated rings. The highest BCUT2D eigenvalue weighted by molar-refractivity contribution is 6.63. The summed E-state index contributed by atoms with van der Waals surface area (Å²) < 4.78 is 17.4. The SMILES string of the molecule is CCOc1cc(N)c([N+](=O)[O-])cc1B1OC(C)(C)C(C)(C)O1. The first-order valence-corrected chi connectivity index (χ1v) is 7.15. The zero-order valence-electron chi connectivity index (χ0n) is 13.5. The molecule has 0 saturated carbocycles. The summed E-state index contributed by atoms with van der Waals surface area (Å²) in [7, 11) is -0.745. The standard InChI is InChI=1S/C14H21BN2O5/c1-6-20-12-8-10(16)11(17(18)19)7-9(12)15-21-13(2,3)14(4,5)22-15/h7-8H,6,16H2,1-5H3. The van der Waals surface area contributed by atoms with E-state index in [2.05, 4.69) is 0 Å². The van der Waals surface area contributed by atoms with Gasteiger partial charge >= 0.3 is 7.12 Å². The third kappa shape index (κ3) is 2.76. The van der Waals surface area contributed by atoms with E-state index in [-0.39, 0.29) is 11.4 Å². The number of ether oxygens (including phenoxy) is 1. The molecule has 0 spiro atoms. The number of hydrogen-bond donors (Lipinski definition) is 1. The lowest BCUT2D eigenvalue weighted by Gasteiger charge is -2.32. The Kier molecular flexibility index (Phi) is 4.10. The Balaban J connectivity index is 2.50. The van der Waals surface area contributed by atoms with Crippen molar-refractivity contribution in [3.63, 3.8) is 0 Å². The molecule has 8 heteroatoms. The Labute approximate surface area is 130 Å². The molecule has 1 aliphatic heterocycles. The third-order valence-corrected chi connectivity index (χ3v) is 4.16. The van der Waals surface area contributed by atoms with Gasteiger partial charge in [-0.05, 0) is 34.6 Å². The van der Waals surface area contributed by atoms with E-state index in [0.717, 1.165) is 0 Å². The van der Waals surface area contributed by atoms with Crippen molar-refractivity contribution in [3.8, 4) is 5.75 Å². The van der Waals surface area contributed by atoms with Crippen LogP contribution in [0.1, 0.15) is 34.6 Å². The molecule has 0 aromatic heterocycles. The molecule has 0 amide bonds. The van der Waals surface area contributed by atoms with Gasteiger partial charge in [-0.1, -0.05) is 0 Å². The molecule has 22 heavy (non-hydrogen) atoms. The van der Waals surface area contributed by atoms with Crippen LogP contribution in [0.4, 0.5) is 11.4 Å². The molecule has 1 heterocycles. The number of nitrogens with zero attached hydrogens (tertiary/aromatic N) is 1. The molecule has 1 aromatic carbocycles. The van der Waals surface area contributed by atoms with Gasteiger partial charge in [-0.3, -0.25) is 10.1 Å². The van der Waals surface area contributed by atoms with Gasteiger partial charge in [0, 0.05) is 17.6 Å². The average Bonchev–Trinajstić information content (AvgIpc) is 2.58. The number of nitro groups is 1. The van der Waals surface area contributed by atoms with Crippen molar-refractivity contribution in [3.05, 3.63) is 22.2 Å². The van der Waals surface area contributed by atoms with Gasteiger partial charge in [-0.25, -0.2) is 0 Å². The van der Waals surface area contributed by atoms with Crippen LogP contribution in [0.3, 0.4) is 0 Å². The smallest absolute Gasteiger partial charge is 0.494 e. The lowest BCUT2D eigenvalue weighted by molar-refractivity contribution is -0.383. The van der Waals surface area contributed by atoms with E-state index in [1.165, 1.54) is 12.1 Å². The second-order valence-electron chi connectivity index (χ2n) is 6.23. The van der Waals surface area contributed by atoms with Gasteiger partial charge in [-0.2, -0.15) is 0 Å². The van der Waals surface area contributed by atoms with Crippen molar-refractivity contribution >= 4 is 24.0 Å². The van der Waals surface area contributed by atoms with Gasteiger partial charge in [0.1, 0.15) is 11.4 Å². The summed E-state index contributed by atoms with van der Waals surface area (Å²) in [6.45, 7) is 9.89. The van der Waals surface area contributed by atoms with E-state index < -0.39 is 23.2 Å². The number of nitrogens with two attached hydrogens (primary N) is 1. The summed E-state index contributed by atoms with van der Waals surface area (Å²) >= 11 is 0. The Bertz CT molecular complexity index is 587. The van der Waals surface area contributed by atoms with Gasteiger partial charge in [-0.15, -0.1) is 0 Å². The summed E-state index contributed by atoms with van der Waals surface area (Å²) in [5.41, 5.74) is 4.97. The molecule has 7 nitrogen and oxygen atoms in total. The van der Waals surface area contributed by atoms with E-state index >= 15 is 0 Å². The lowest BCUT2D eigenvalue weighted by atomic mass is 9.78. The second kappa shape index (κ2) is 5.44. The van der Waals surface area contributed by atoms with Crippen LogP contribution in [0.25, 0.3) is 0 Å². The van der Waals surface area contributed by atoms with E-state index in [9.17, 15) is 10.1 Å². The molecule has 0 unspecified atom stereocenters. The molecule has 1 aliphatic rings. The summed E-state index contributed by atoms with van der Waals surface area (Å²) in [6.07, 6.45) is 0. The van der Waals surface area contributed by atoms with Crippen molar-refractivity contribution in [1.82, 2.24) is 0 Å². The molecule has 0 atom stereocenters. The van der Waals surface area contributed by atoms with Crippen LogP contribution in [-0.4, -0.2) is 29.9 Å². The molecule has 0 radical (unpaired) electrons. The van der Waals surface area contributed by atoms with Crippen LogP contribution in [0, 0.1) is 10.1 Å². The molecule has 2 rings (SSSR count). The Morgan fingerprint density at radius 2 is 1.82 bits per heavy atom. The molecular weight excluding hydrogens is 287 g/mol. The fourth-order valence-corrected chi connectivity index (χ4v) is 2.19. The molecule has 1 aromatic rings. The fraction of sp³-hybridized carbons (Fsp3) is 0.571. The maximum atomic E-state index is 11.1. The van der Waals surface area contributed by atoms with Gasteiger partial charge in [0.25, 0.3) is 5.69 Å². The fourth-order valence-electron chi connectivity index (χ4n) is 2.19. The summed E-state index contributed by atoms with van der Waals surface area (Å²) in [6, 6.07) is 2.81. The predicted molar refractivity (Wildman–Crippen MR) is 84.4 cm³/mol. The van der Waals surface area contributed by atoms with Crippen molar-refractivity contribution < 1.29 is 19.0 Å². The largest absolute Gasteiger partial charge is 0.498 e. The number of anilines is 1. The van der Waals surface area contributed by atoms with Gasteiger partial charge in [0.05, 0.1) is 22.7 Å². The zero-order valence-corrected chi connectivity index (χ0v) is 13.5. The van der Waals surface area contributed by atoms with Crippen LogP contribution < -0.4 is 15.9 Å². The van der Waals surface area contributed by atoms with Crippen molar-refractivity contribution in [2.75, 3.05) is 12.3 Å². The highest BCUT2D eigenvalue weighted by Crippen LogP contribution is 2.38. The highest BCUT2D eigenvalue weighted by Gasteiger charge is 2.52. The summed E-state index contributed by atoms with van der Waals surface area (Å²) in [5, 5.41) is 11.1. The normalized spacial score (nSPS) is 19.2. The molecular formula is C14H21BN2O5. The quantitative estimate of drug-likeness (QED) is 0.395. The Hall–Kier alpha value is -1.80. The maximum absolute atomic E-state index is 11.1. The second-order valence-corrected chi connectivity index (χ2v) is 6.23. The number of benzene rings is 1. The monoisotopic (exact) mass is 308 g/mol. The first-order chi connectivity index (χ1) is 10.1. The minimum atomic E-state index is -0.745. The van der Waals surface area contributed by atoms with Crippen molar-refractivity contribution in [2.24, 2.45) is 0 Å². The first-order valence-electron chi connectivity index (χ1n) is 7.15. The third-order valence-electron chi connectivity index (χ3n) is 4.16. The summed E-state index contributed by atoms with van der Waals surface area (Å²) in [4.78, 5) is 10.6. The van der Waals surface area contributed by atoms with Crippen LogP contribution in [-0.2, 0) is 9.31 Å². The molecule has 0 aliphatic carbocycles. The number of hydrogen-bond acceptors (Lipinski definition) is 6. The summed E-state index contributed by atoms with van der Waals surface area (Å²) in [5.74, 6) is 0.434.